The van der Waals surface area contributed by atoms with Gasteiger partial charge in [0.1, 0.15) is 0 Å². The lowest BCUT2D eigenvalue weighted by molar-refractivity contribution is 0.601. The van der Waals surface area contributed by atoms with Gasteiger partial charge in [0.15, 0.2) is 0 Å². The maximum absolute atomic E-state index is 6.18. The molecule has 0 saturated heterocycles. The van der Waals surface area contributed by atoms with Gasteiger partial charge in [0.25, 0.3) is 0 Å². The van der Waals surface area contributed by atoms with Crippen LogP contribution in [0.25, 0.3) is 0 Å². The molecule has 0 aliphatic rings. The van der Waals surface area contributed by atoms with Crippen molar-refractivity contribution in [2.75, 3.05) is 0 Å². The maximum atomic E-state index is 6.18. The number of nitrogens with zero attached hydrogens (tertiary/aromatic N) is 3. The minimum atomic E-state index is -0.402. The molecule has 0 aliphatic carbocycles. The van der Waals surface area contributed by atoms with Crippen LogP contribution in [0.3, 0.4) is 0 Å². The first kappa shape index (κ1) is 12.4. The Balaban J connectivity index is 2.47. The van der Waals surface area contributed by atoms with Gasteiger partial charge >= 0.3 is 0 Å². The Morgan fingerprint density at radius 3 is 2.76 bits per heavy atom. The van der Waals surface area contributed by atoms with E-state index in [-0.39, 0.29) is 0 Å². The van der Waals surface area contributed by atoms with E-state index < -0.39 is 6.04 Å². The van der Waals surface area contributed by atoms with Crippen LogP contribution >= 0.6 is 23.2 Å². The molecule has 2 aromatic rings. The summed E-state index contributed by atoms with van der Waals surface area (Å²) in [6.45, 7) is 2.69. The fourth-order valence-corrected chi connectivity index (χ4v) is 2.21. The van der Waals surface area contributed by atoms with Crippen molar-refractivity contribution in [1.29, 1.82) is 0 Å². The van der Waals surface area contributed by atoms with Gasteiger partial charge in [-0.05, 0) is 18.6 Å². The molecule has 0 saturated carbocycles. The summed E-state index contributed by atoms with van der Waals surface area (Å²) in [4.78, 5) is 3.93. The fraction of sp³-hybridized carbons (Fsp3) is 0.273. The lowest BCUT2D eigenvalue weighted by atomic mass is 10.1. The highest BCUT2D eigenvalue weighted by Gasteiger charge is 2.19. The number of hydrogen-bond acceptors (Lipinski definition) is 3. The molecule has 4 nitrogen and oxygen atoms in total. The molecule has 2 N–H and O–H groups in total. The summed E-state index contributed by atoms with van der Waals surface area (Å²) < 4.78 is 1.77. The largest absolute Gasteiger partial charge is 0.319 e. The Hall–Kier alpha value is -1.10. The van der Waals surface area contributed by atoms with E-state index in [4.69, 9.17) is 28.9 Å². The number of hydrogen-bond donors (Lipinski definition) is 1. The molecule has 0 amide bonds. The van der Waals surface area contributed by atoms with E-state index in [1.807, 2.05) is 6.92 Å². The second kappa shape index (κ2) is 5.04. The van der Waals surface area contributed by atoms with Gasteiger partial charge in [-0.3, -0.25) is 9.67 Å². The molecule has 2 rings (SSSR count). The molecule has 90 valence electrons. The van der Waals surface area contributed by atoms with Crippen LogP contribution in [-0.4, -0.2) is 14.8 Å². The van der Waals surface area contributed by atoms with Crippen LogP contribution in [0.4, 0.5) is 0 Å². The Bertz CT molecular complexity index is 524. The summed E-state index contributed by atoms with van der Waals surface area (Å²) in [7, 11) is 0. The monoisotopic (exact) mass is 270 g/mol. The SMILES string of the molecule is CCn1ncc(Cl)c1C(N)c1ccncc1Cl. The van der Waals surface area contributed by atoms with Crippen LogP contribution in [0, 0.1) is 0 Å². The van der Waals surface area contributed by atoms with E-state index in [1.54, 1.807) is 29.3 Å². The summed E-state index contributed by atoms with van der Waals surface area (Å²) in [6.07, 6.45) is 4.81. The molecule has 17 heavy (non-hydrogen) atoms. The molecule has 2 heterocycles. The Labute approximate surface area is 109 Å². The smallest absolute Gasteiger partial charge is 0.0837 e. The molecular formula is C11H12Cl2N4. The standard InChI is InChI=1S/C11H12Cl2N4/c1-2-17-11(9(13)6-16-17)10(14)7-3-4-15-5-8(7)12/h3-6,10H,2,14H2,1H3. The summed E-state index contributed by atoms with van der Waals surface area (Å²) in [6, 6.07) is 1.39. The molecule has 6 heteroatoms. The fourth-order valence-electron chi connectivity index (χ4n) is 1.72. The van der Waals surface area contributed by atoms with Crippen molar-refractivity contribution in [1.82, 2.24) is 14.8 Å². The van der Waals surface area contributed by atoms with Crippen LogP contribution in [-0.2, 0) is 6.54 Å². The van der Waals surface area contributed by atoms with Crippen molar-refractivity contribution < 1.29 is 0 Å². The van der Waals surface area contributed by atoms with Crippen molar-refractivity contribution in [3.63, 3.8) is 0 Å². The molecule has 1 atom stereocenters. The van der Waals surface area contributed by atoms with E-state index >= 15 is 0 Å². The highest BCUT2D eigenvalue weighted by Crippen LogP contribution is 2.29. The van der Waals surface area contributed by atoms with Crippen LogP contribution in [0.5, 0.6) is 0 Å². The number of aryl methyl sites for hydroxylation is 1. The van der Waals surface area contributed by atoms with Gasteiger partial charge in [-0.15, -0.1) is 0 Å². The third-order valence-corrected chi connectivity index (χ3v) is 3.17. The molecule has 0 spiro atoms. The average molecular weight is 271 g/mol. The van der Waals surface area contributed by atoms with E-state index in [0.29, 0.717) is 16.6 Å². The summed E-state index contributed by atoms with van der Waals surface area (Å²) in [5.74, 6) is 0. The zero-order valence-corrected chi connectivity index (χ0v) is 10.8. The minimum Gasteiger partial charge on any atom is -0.319 e. The molecule has 0 fully saturated rings. The third kappa shape index (κ3) is 2.29. The van der Waals surface area contributed by atoms with E-state index in [0.717, 1.165) is 11.3 Å². The number of aromatic nitrogens is 3. The molecule has 0 bridgehead atoms. The van der Waals surface area contributed by atoms with Crippen molar-refractivity contribution in [2.45, 2.75) is 19.5 Å². The topological polar surface area (TPSA) is 56.7 Å². The van der Waals surface area contributed by atoms with Crippen molar-refractivity contribution in [2.24, 2.45) is 5.73 Å². The lowest BCUT2D eigenvalue weighted by Gasteiger charge is -2.15. The normalized spacial score (nSPS) is 12.7. The first-order valence-corrected chi connectivity index (χ1v) is 5.97. The second-order valence-electron chi connectivity index (χ2n) is 3.57. The first-order chi connectivity index (χ1) is 8.15. The molecule has 0 aromatic carbocycles. The highest BCUT2D eigenvalue weighted by atomic mass is 35.5. The lowest BCUT2D eigenvalue weighted by Crippen LogP contribution is -2.18. The van der Waals surface area contributed by atoms with Crippen molar-refractivity contribution in [3.8, 4) is 0 Å². The Morgan fingerprint density at radius 2 is 2.12 bits per heavy atom. The van der Waals surface area contributed by atoms with Crippen molar-refractivity contribution in [3.05, 3.63) is 46.0 Å². The zero-order chi connectivity index (χ0) is 12.4. The van der Waals surface area contributed by atoms with E-state index in [2.05, 4.69) is 10.1 Å². The van der Waals surface area contributed by atoms with Gasteiger partial charge in [0.2, 0.25) is 0 Å². The van der Waals surface area contributed by atoms with Gasteiger partial charge in [-0.1, -0.05) is 23.2 Å². The zero-order valence-electron chi connectivity index (χ0n) is 9.27. The number of nitrogens with two attached hydrogens (primary N) is 1. The molecule has 0 aliphatic heterocycles. The predicted molar refractivity (Wildman–Crippen MR) is 68.2 cm³/mol. The number of pyridine rings is 1. The Kier molecular flexibility index (Phi) is 3.66. The maximum Gasteiger partial charge on any atom is 0.0837 e. The second-order valence-corrected chi connectivity index (χ2v) is 4.38. The minimum absolute atomic E-state index is 0.402. The molecule has 2 aromatic heterocycles. The van der Waals surface area contributed by atoms with Crippen LogP contribution in [0.15, 0.2) is 24.7 Å². The van der Waals surface area contributed by atoms with Gasteiger partial charge in [-0.25, -0.2) is 0 Å². The van der Waals surface area contributed by atoms with Crippen LogP contribution < -0.4 is 5.73 Å². The van der Waals surface area contributed by atoms with Gasteiger partial charge in [0.05, 0.1) is 28.0 Å². The summed E-state index contributed by atoms with van der Waals surface area (Å²) >= 11 is 12.2. The number of rotatable bonds is 3. The first-order valence-electron chi connectivity index (χ1n) is 5.21. The van der Waals surface area contributed by atoms with Gasteiger partial charge in [0, 0.05) is 18.9 Å². The quantitative estimate of drug-likeness (QED) is 0.933. The van der Waals surface area contributed by atoms with E-state index in [1.165, 1.54) is 0 Å². The number of halogens is 2. The predicted octanol–water partition coefficient (Wildman–Crippen LogP) is 2.65. The average Bonchev–Trinajstić information content (AvgIpc) is 2.70. The molecule has 1 unspecified atom stereocenters. The van der Waals surface area contributed by atoms with Crippen LogP contribution in [0.1, 0.15) is 24.2 Å². The van der Waals surface area contributed by atoms with Crippen molar-refractivity contribution >= 4 is 23.2 Å². The summed E-state index contributed by atoms with van der Waals surface area (Å²) in [5, 5.41) is 5.23. The highest BCUT2D eigenvalue weighted by molar-refractivity contribution is 6.32. The third-order valence-electron chi connectivity index (χ3n) is 2.57. The molecule has 0 radical (unpaired) electrons. The van der Waals surface area contributed by atoms with Gasteiger partial charge < -0.3 is 5.73 Å². The summed E-state index contributed by atoms with van der Waals surface area (Å²) in [5.41, 5.74) is 7.74. The van der Waals surface area contributed by atoms with Gasteiger partial charge in [-0.2, -0.15) is 5.10 Å². The van der Waals surface area contributed by atoms with Crippen LogP contribution in [0.2, 0.25) is 10.0 Å². The van der Waals surface area contributed by atoms with E-state index in [9.17, 15) is 0 Å². The Morgan fingerprint density at radius 1 is 1.35 bits per heavy atom. The molecular weight excluding hydrogens is 259 g/mol.